The van der Waals surface area contributed by atoms with Crippen LogP contribution in [0.4, 0.5) is 0 Å². The van der Waals surface area contributed by atoms with Crippen LogP contribution >= 0.6 is 24.0 Å². The fourth-order valence-corrected chi connectivity index (χ4v) is 3.52. The maximum absolute atomic E-state index is 11.9. The van der Waals surface area contributed by atoms with Gasteiger partial charge in [0.2, 0.25) is 5.91 Å². The second-order valence-electron chi connectivity index (χ2n) is 6.88. The number of benzene rings is 1. The van der Waals surface area contributed by atoms with Gasteiger partial charge in [-0.05, 0) is 25.3 Å². The summed E-state index contributed by atoms with van der Waals surface area (Å²) in [6.07, 6.45) is 2.05. The number of halogens is 1. The second kappa shape index (κ2) is 13.8. The number of piperazine rings is 1. The third-order valence-electron chi connectivity index (χ3n) is 4.91. The van der Waals surface area contributed by atoms with Gasteiger partial charge in [-0.2, -0.15) is 0 Å². The van der Waals surface area contributed by atoms with Gasteiger partial charge in [-0.25, -0.2) is 4.99 Å². The summed E-state index contributed by atoms with van der Waals surface area (Å²) in [4.78, 5) is 21.2. The summed E-state index contributed by atoms with van der Waals surface area (Å²) in [6, 6.07) is 11.2. The molecular formula is C21H36IN5O. The number of guanidine groups is 1. The predicted octanol–water partition coefficient (Wildman–Crippen LogP) is 2.87. The van der Waals surface area contributed by atoms with E-state index in [0.29, 0.717) is 12.6 Å². The van der Waals surface area contributed by atoms with E-state index in [0.717, 1.165) is 51.5 Å². The maximum atomic E-state index is 11.9. The summed E-state index contributed by atoms with van der Waals surface area (Å²) in [6.45, 7) is 11.9. The van der Waals surface area contributed by atoms with Gasteiger partial charge in [0.25, 0.3) is 0 Å². The number of carbonyl (C=O) groups excluding carboxylic acids is 1. The van der Waals surface area contributed by atoms with Crippen molar-refractivity contribution in [2.75, 3.05) is 45.8 Å². The zero-order valence-corrected chi connectivity index (χ0v) is 19.8. The van der Waals surface area contributed by atoms with E-state index in [2.05, 4.69) is 69.6 Å². The number of hydrogen-bond donors (Lipinski definition) is 2. The molecule has 2 N–H and O–H groups in total. The van der Waals surface area contributed by atoms with Crippen molar-refractivity contribution in [3.05, 3.63) is 35.9 Å². The fourth-order valence-electron chi connectivity index (χ4n) is 3.52. The molecule has 1 aromatic carbocycles. The number of nitrogens with zero attached hydrogens (tertiary/aromatic N) is 3. The molecule has 1 unspecified atom stereocenters. The van der Waals surface area contributed by atoms with Gasteiger partial charge < -0.3 is 15.5 Å². The van der Waals surface area contributed by atoms with Crippen molar-refractivity contribution < 1.29 is 4.79 Å². The van der Waals surface area contributed by atoms with Crippen LogP contribution in [0.2, 0.25) is 0 Å². The summed E-state index contributed by atoms with van der Waals surface area (Å²) in [5.74, 6) is 0.831. The third kappa shape index (κ3) is 7.58. The quantitative estimate of drug-likeness (QED) is 0.327. The van der Waals surface area contributed by atoms with E-state index < -0.39 is 0 Å². The monoisotopic (exact) mass is 501 g/mol. The highest BCUT2D eigenvalue weighted by molar-refractivity contribution is 14.0. The lowest BCUT2D eigenvalue weighted by Crippen LogP contribution is -2.53. The summed E-state index contributed by atoms with van der Waals surface area (Å²) >= 11 is 0. The Bertz CT molecular complexity index is 588. The predicted molar refractivity (Wildman–Crippen MR) is 127 cm³/mol. The first-order chi connectivity index (χ1) is 13.2. The Kier molecular flexibility index (Phi) is 12.1. The van der Waals surface area contributed by atoms with Crippen LogP contribution in [-0.4, -0.2) is 67.5 Å². The Morgan fingerprint density at radius 2 is 1.75 bits per heavy atom. The van der Waals surface area contributed by atoms with Gasteiger partial charge in [-0.15, -0.1) is 24.0 Å². The van der Waals surface area contributed by atoms with E-state index in [1.165, 1.54) is 5.56 Å². The Morgan fingerprint density at radius 3 is 2.32 bits per heavy atom. The molecule has 158 valence electrons. The number of rotatable bonds is 8. The minimum absolute atomic E-state index is 0. The van der Waals surface area contributed by atoms with Crippen molar-refractivity contribution in [3.8, 4) is 0 Å². The molecule has 0 bridgehead atoms. The zero-order chi connectivity index (χ0) is 19.5. The van der Waals surface area contributed by atoms with E-state index >= 15 is 0 Å². The number of nitrogens with one attached hydrogen (secondary N) is 2. The summed E-state index contributed by atoms with van der Waals surface area (Å²) in [5, 5.41) is 6.21. The highest BCUT2D eigenvalue weighted by atomic mass is 127. The van der Waals surface area contributed by atoms with Gasteiger partial charge in [0, 0.05) is 45.3 Å². The third-order valence-corrected chi connectivity index (χ3v) is 4.91. The van der Waals surface area contributed by atoms with Gasteiger partial charge in [0.15, 0.2) is 5.96 Å². The average molecular weight is 501 g/mol. The normalized spacial score (nSPS) is 16.2. The minimum Gasteiger partial charge on any atom is -0.357 e. The van der Waals surface area contributed by atoms with Crippen LogP contribution in [-0.2, 0) is 4.79 Å². The van der Waals surface area contributed by atoms with E-state index in [9.17, 15) is 4.79 Å². The molecule has 0 radical (unpaired) electrons. The van der Waals surface area contributed by atoms with Crippen molar-refractivity contribution in [2.24, 2.45) is 4.99 Å². The van der Waals surface area contributed by atoms with Crippen molar-refractivity contribution >= 4 is 35.8 Å². The molecule has 0 spiro atoms. The second-order valence-corrected chi connectivity index (χ2v) is 6.88. The highest BCUT2D eigenvalue weighted by Crippen LogP contribution is 2.25. The molecule has 1 fully saturated rings. The lowest BCUT2D eigenvalue weighted by Gasteiger charge is -2.40. The first-order valence-electron chi connectivity index (χ1n) is 10.3. The van der Waals surface area contributed by atoms with Crippen molar-refractivity contribution in [2.45, 2.75) is 39.7 Å². The first kappa shape index (κ1) is 24.7. The standard InChI is InChI=1S/C21H35N5O.HI/c1-4-12-23-20(27)17-24-21(22-6-3)26-15-13-25(14-16-26)19(5-2)18-10-8-7-9-11-18;/h7-11,19H,4-6,12-17H2,1-3H3,(H,22,24)(H,23,27);1H. The van der Waals surface area contributed by atoms with Crippen LogP contribution in [0.15, 0.2) is 35.3 Å². The van der Waals surface area contributed by atoms with E-state index in [1.54, 1.807) is 0 Å². The van der Waals surface area contributed by atoms with Crippen LogP contribution < -0.4 is 10.6 Å². The molecule has 0 saturated carbocycles. The molecule has 1 aromatic rings. The number of aliphatic imine (C=N–C) groups is 1. The highest BCUT2D eigenvalue weighted by Gasteiger charge is 2.25. The molecule has 1 aliphatic heterocycles. The smallest absolute Gasteiger partial charge is 0.241 e. The molecule has 0 aromatic heterocycles. The Morgan fingerprint density at radius 1 is 1.07 bits per heavy atom. The molecule has 1 saturated heterocycles. The molecule has 0 aliphatic carbocycles. The van der Waals surface area contributed by atoms with Gasteiger partial charge in [0.1, 0.15) is 6.54 Å². The number of amides is 1. The topological polar surface area (TPSA) is 60.0 Å². The van der Waals surface area contributed by atoms with Crippen LogP contribution in [0.25, 0.3) is 0 Å². The van der Waals surface area contributed by atoms with Crippen LogP contribution in [0.1, 0.15) is 45.2 Å². The van der Waals surface area contributed by atoms with E-state index in [-0.39, 0.29) is 36.4 Å². The van der Waals surface area contributed by atoms with Crippen LogP contribution in [0, 0.1) is 0 Å². The molecule has 1 heterocycles. The molecule has 1 atom stereocenters. The molecule has 1 aliphatic rings. The molecule has 1 amide bonds. The van der Waals surface area contributed by atoms with Gasteiger partial charge >= 0.3 is 0 Å². The Labute approximate surface area is 187 Å². The molecular weight excluding hydrogens is 465 g/mol. The Balaban J connectivity index is 0.00000392. The van der Waals surface area contributed by atoms with E-state index in [4.69, 9.17) is 0 Å². The summed E-state index contributed by atoms with van der Waals surface area (Å²) in [7, 11) is 0. The van der Waals surface area contributed by atoms with Crippen LogP contribution in [0.3, 0.4) is 0 Å². The van der Waals surface area contributed by atoms with Crippen molar-refractivity contribution in [3.63, 3.8) is 0 Å². The lowest BCUT2D eigenvalue weighted by molar-refractivity contribution is -0.119. The zero-order valence-electron chi connectivity index (χ0n) is 17.5. The molecule has 7 heteroatoms. The SMILES string of the molecule is CCCNC(=O)CN=C(NCC)N1CCN(C(CC)c2ccccc2)CC1.I. The largest absolute Gasteiger partial charge is 0.357 e. The first-order valence-corrected chi connectivity index (χ1v) is 10.3. The average Bonchev–Trinajstić information content (AvgIpc) is 2.71. The summed E-state index contributed by atoms with van der Waals surface area (Å²) in [5.41, 5.74) is 1.39. The number of hydrogen-bond acceptors (Lipinski definition) is 3. The van der Waals surface area contributed by atoms with Gasteiger partial charge in [-0.1, -0.05) is 44.2 Å². The van der Waals surface area contributed by atoms with Gasteiger partial charge in [0.05, 0.1) is 0 Å². The summed E-state index contributed by atoms with van der Waals surface area (Å²) < 4.78 is 0. The maximum Gasteiger partial charge on any atom is 0.241 e. The lowest BCUT2D eigenvalue weighted by atomic mass is 10.0. The number of carbonyl (C=O) groups is 1. The van der Waals surface area contributed by atoms with Gasteiger partial charge in [-0.3, -0.25) is 9.69 Å². The van der Waals surface area contributed by atoms with Crippen LogP contribution in [0.5, 0.6) is 0 Å². The van der Waals surface area contributed by atoms with Crippen molar-refractivity contribution in [1.82, 2.24) is 20.4 Å². The minimum atomic E-state index is -0.0130. The van der Waals surface area contributed by atoms with Crippen molar-refractivity contribution in [1.29, 1.82) is 0 Å². The molecule has 6 nitrogen and oxygen atoms in total. The fraction of sp³-hybridized carbons (Fsp3) is 0.619. The Hall–Kier alpha value is -1.35. The van der Waals surface area contributed by atoms with E-state index in [1.807, 2.05) is 6.92 Å². The molecule has 28 heavy (non-hydrogen) atoms. The molecule has 2 rings (SSSR count).